The van der Waals surface area contributed by atoms with Gasteiger partial charge in [-0.3, -0.25) is 0 Å². The van der Waals surface area contributed by atoms with Crippen molar-refractivity contribution in [2.24, 2.45) is 5.92 Å². The molecule has 0 spiro atoms. The van der Waals surface area contributed by atoms with Crippen LogP contribution in [0.5, 0.6) is 0 Å². The second-order valence-corrected chi connectivity index (χ2v) is 10.6. The Morgan fingerprint density at radius 1 is 1.31 bits per heavy atom. The van der Waals surface area contributed by atoms with Gasteiger partial charge in [0.1, 0.15) is 0 Å². The molecule has 1 atom stereocenters. The van der Waals surface area contributed by atoms with Crippen molar-refractivity contribution in [1.29, 1.82) is 0 Å². The third-order valence-corrected chi connectivity index (χ3v) is 7.93. The summed E-state index contributed by atoms with van der Waals surface area (Å²) in [6, 6.07) is 0. The summed E-state index contributed by atoms with van der Waals surface area (Å²) in [4.78, 5) is 11.4. The monoisotopic (exact) mass is 242 g/mol. The van der Waals surface area contributed by atoms with Crippen molar-refractivity contribution in [1.82, 2.24) is 0 Å². The summed E-state index contributed by atoms with van der Waals surface area (Å²) < 4.78 is 10.8. The molecule has 0 aliphatic heterocycles. The normalized spacial score (nSPS) is 20.8. The lowest BCUT2D eigenvalue weighted by Gasteiger charge is -2.35. The summed E-state index contributed by atoms with van der Waals surface area (Å²) in [5.74, 6) is 0.737. The molecule has 0 saturated carbocycles. The Balaban J connectivity index is 2.78. The van der Waals surface area contributed by atoms with Gasteiger partial charge in [0, 0.05) is 5.92 Å². The molecular weight excluding hydrogens is 220 g/mol. The van der Waals surface area contributed by atoms with Gasteiger partial charge in [-0.2, -0.15) is 0 Å². The van der Waals surface area contributed by atoms with Gasteiger partial charge in [0.15, 0.2) is 0 Å². The zero-order valence-electron chi connectivity index (χ0n) is 11.3. The number of ether oxygens (including phenoxy) is 1. The van der Waals surface area contributed by atoms with Crippen LogP contribution >= 0.6 is 0 Å². The summed E-state index contributed by atoms with van der Waals surface area (Å²) in [5, 5.41) is 0.156. The number of rotatable bonds is 3. The minimum absolute atomic E-state index is 0.140. The average Bonchev–Trinajstić information content (AvgIpc) is 2.73. The topological polar surface area (TPSA) is 35.5 Å². The molecule has 4 heteroatoms. The summed E-state index contributed by atoms with van der Waals surface area (Å²) in [6.07, 6.45) is 0. The van der Waals surface area contributed by atoms with E-state index in [4.69, 9.17) is 9.16 Å². The lowest BCUT2D eigenvalue weighted by molar-refractivity contribution is -0.135. The Labute approximate surface area is 99.0 Å². The van der Waals surface area contributed by atoms with Gasteiger partial charge in [-0.15, -0.1) is 0 Å². The zero-order valence-corrected chi connectivity index (χ0v) is 12.3. The smallest absolute Gasteiger partial charge is 0.337 e. The van der Waals surface area contributed by atoms with E-state index in [9.17, 15) is 4.79 Å². The van der Waals surface area contributed by atoms with E-state index < -0.39 is 8.32 Å². The van der Waals surface area contributed by atoms with E-state index in [1.54, 1.807) is 0 Å². The summed E-state index contributed by atoms with van der Waals surface area (Å²) in [6.45, 7) is 12.9. The molecule has 0 aromatic heterocycles. The van der Waals surface area contributed by atoms with Crippen molar-refractivity contribution in [3.8, 4) is 0 Å². The summed E-state index contributed by atoms with van der Waals surface area (Å²) in [7, 11) is -0.406. The van der Waals surface area contributed by atoms with Crippen LogP contribution in [0.4, 0.5) is 0 Å². The van der Waals surface area contributed by atoms with Crippen molar-refractivity contribution in [3.63, 3.8) is 0 Å². The van der Waals surface area contributed by atoms with Crippen molar-refractivity contribution in [2.45, 2.75) is 45.8 Å². The number of esters is 1. The first-order valence-corrected chi connectivity index (χ1v) is 8.54. The fourth-order valence-electron chi connectivity index (χ4n) is 1.27. The van der Waals surface area contributed by atoms with E-state index in [-0.39, 0.29) is 16.9 Å². The second-order valence-electron chi connectivity index (χ2n) is 5.85. The molecule has 0 aromatic rings. The molecule has 1 unspecified atom stereocenters. The minimum Gasteiger partial charge on any atom is -0.546 e. The third-order valence-electron chi connectivity index (χ3n) is 3.59. The van der Waals surface area contributed by atoms with Crippen LogP contribution in [0.1, 0.15) is 27.7 Å². The highest BCUT2D eigenvalue weighted by atomic mass is 28.4. The van der Waals surface area contributed by atoms with E-state index >= 15 is 0 Å². The molecule has 0 bridgehead atoms. The van der Waals surface area contributed by atoms with E-state index in [0.29, 0.717) is 5.57 Å². The zero-order chi connectivity index (χ0) is 12.7. The van der Waals surface area contributed by atoms with Crippen molar-refractivity contribution >= 4 is 14.3 Å². The van der Waals surface area contributed by atoms with Crippen LogP contribution in [0, 0.1) is 5.92 Å². The lowest BCUT2D eigenvalue weighted by Crippen LogP contribution is -2.39. The molecule has 1 aliphatic rings. The molecule has 92 valence electrons. The van der Waals surface area contributed by atoms with Gasteiger partial charge < -0.3 is 9.16 Å². The SMILES string of the molecule is COC(=O)C1=C(O[Si](C)(C)C(C)(C)C)C1C. The lowest BCUT2D eigenvalue weighted by atomic mass is 10.2. The van der Waals surface area contributed by atoms with Gasteiger partial charge in [-0.25, -0.2) is 4.79 Å². The van der Waals surface area contributed by atoms with Crippen LogP contribution in [0.15, 0.2) is 11.3 Å². The van der Waals surface area contributed by atoms with E-state index in [1.807, 2.05) is 6.92 Å². The Hall–Kier alpha value is -0.773. The van der Waals surface area contributed by atoms with Gasteiger partial charge in [-0.05, 0) is 18.1 Å². The molecule has 16 heavy (non-hydrogen) atoms. The highest BCUT2D eigenvalue weighted by Gasteiger charge is 2.47. The molecule has 0 amide bonds. The van der Waals surface area contributed by atoms with Crippen LogP contribution in [-0.4, -0.2) is 21.4 Å². The fraction of sp³-hybridized carbons (Fsp3) is 0.750. The number of carbonyl (C=O) groups excluding carboxylic acids is 1. The Morgan fingerprint density at radius 3 is 2.19 bits per heavy atom. The van der Waals surface area contributed by atoms with Crippen molar-refractivity contribution < 1.29 is 14.0 Å². The first-order chi connectivity index (χ1) is 7.12. The molecule has 1 rings (SSSR count). The maximum absolute atomic E-state index is 11.4. The Kier molecular flexibility index (Phi) is 3.25. The molecule has 0 fully saturated rings. The van der Waals surface area contributed by atoms with Crippen molar-refractivity contribution in [2.75, 3.05) is 7.11 Å². The molecule has 0 saturated heterocycles. The first-order valence-electron chi connectivity index (χ1n) is 5.63. The van der Waals surface area contributed by atoms with Gasteiger partial charge in [0.25, 0.3) is 0 Å². The third kappa shape index (κ3) is 2.31. The van der Waals surface area contributed by atoms with Crippen LogP contribution in [0.25, 0.3) is 0 Å². The molecule has 0 heterocycles. The van der Waals surface area contributed by atoms with Gasteiger partial charge in [-0.1, -0.05) is 27.7 Å². The van der Waals surface area contributed by atoms with Crippen LogP contribution in [-0.2, 0) is 14.0 Å². The quantitative estimate of drug-likeness (QED) is 0.563. The molecule has 3 nitrogen and oxygen atoms in total. The minimum atomic E-state index is -1.81. The van der Waals surface area contributed by atoms with Crippen LogP contribution in [0.3, 0.4) is 0 Å². The molecule has 1 aliphatic carbocycles. The van der Waals surface area contributed by atoms with E-state index in [0.717, 1.165) is 5.76 Å². The number of carbonyl (C=O) groups is 1. The van der Waals surface area contributed by atoms with Gasteiger partial charge >= 0.3 is 5.97 Å². The van der Waals surface area contributed by atoms with Crippen LogP contribution < -0.4 is 0 Å². The largest absolute Gasteiger partial charge is 0.546 e. The molecule has 0 aromatic carbocycles. The number of methoxy groups -OCH3 is 1. The molecule has 0 radical (unpaired) electrons. The van der Waals surface area contributed by atoms with E-state index in [2.05, 4.69) is 33.9 Å². The van der Waals surface area contributed by atoms with Gasteiger partial charge in [0.2, 0.25) is 8.32 Å². The highest BCUT2D eigenvalue weighted by Crippen LogP contribution is 2.46. The van der Waals surface area contributed by atoms with Gasteiger partial charge in [0.05, 0.1) is 18.4 Å². The summed E-state index contributed by atoms with van der Waals surface area (Å²) >= 11 is 0. The predicted molar refractivity (Wildman–Crippen MR) is 66.5 cm³/mol. The Morgan fingerprint density at radius 2 is 1.81 bits per heavy atom. The van der Waals surface area contributed by atoms with Crippen LogP contribution in [0.2, 0.25) is 18.1 Å². The highest BCUT2D eigenvalue weighted by molar-refractivity contribution is 6.74. The second kappa shape index (κ2) is 3.91. The predicted octanol–water partition coefficient (Wildman–Crippen LogP) is 3.09. The number of hydrogen-bond donors (Lipinski definition) is 0. The maximum Gasteiger partial charge on any atom is 0.337 e. The molecule has 0 N–H and O–H groups in total. The standard InChI is InChI=1S/C12H22O3Si/c1-8-9(11(13)14-5)10(8)15-16(6,7)12(2,3)4/h8H,1-7H3. The molecular formula is C12H22O3Si. The number of hydrogen-bond acceptors (Lipinski definition) is 3. The average molecular weight is 242 g/mol. The Bertz CT molecular complexity index is 337. The van der Waals surface area contributed by atoms with E-state index in [1.165, 1.54) is 7.11 Å². The van der Waals surface area contributed by atoms with Crippen molar-refractivity contribution in [3.05, 3.63) is 11.3 Å². The number of allylic oxidation sites excluding steroid dienone is 1. The fourth-order valence-corrected chi connectivity index (χ4v) is 2.41. The summed E-state index contributed by atoms with van der Waals surface area (Å²) in [5.41, 5.74) is 0.715. The maximum atomic E-state index is 11.4. The first kappa shape index (κ1) is 13.3.